The average molecular weight is 358 g/mol. The second kappa shape index (κ2) is 10.6. The van der Waals surface area contributed by atoms with Crippen molar-refractivity contribution in [2.24, 2.45) is 0 Å². The van der Waals surface area contributed by atoms with Gasteiger partial charge in [0.15, 0.2) is 0 Å². The van der Waals surface area contributed by atoms with Crippen LogP contribution in [0.4, 0.5) is 0 Å². The SMILES string of the molecule is CCCCCCCCCCNC(=O)Cc1c(O)c2ccccc2[nH]c1=O. The zero-order chi connectivity index (χ0) is 18.8. The van der Waals surface area contributed by atoms with E-state index in [1.165, 1.54) is 38.5 Å². The first-order valence-electron chi connectivity index (χ1n) is 9.73. The predicted octanol–water partition coefficient (Wildman–Crippen LogP) is 4.03. The van der Waals surface area contributed by atoms with E-state index in [9.17, 15) is 14.7 Å². The summed E-state index contributed by atoms with van der Waals surface area (Å²) < 4.78 is 0. The van der Waals surface area contributed by atoms with Crippen LogP contribution in [0.2, 0.25) is 0 Å². The van der Waals surface area contributed by atoms with Crippen LogP contribution in [0.15, 0.2) is 29.1 Å². The number of H-pyrrole nitrogens is 1. The summed E-state index contributed by atoms with van der Waals surface area (Å²) >= 11 is 0. The molecule has 0 unspecified atom stereocenters. The van der Waals surface area contributed by atoms with Gasteiger partial charge in [-0.15, -0.1) is 0 Å². The maximum Gasteiger partial charge on any atom is 0.255 e. The van der Waals surface area contributed by atoms with Crippen LogP contribution in [0, 0.1) is 0 Å². The van der Waals surface area contributed by atoms with Crippen molar-refractivity contribution >= 4 is 16.8 Å². The lowest BCUT2D eigenvalue weighted by Gasteiger charge is -2.08. The number of para-hydroxylation sites is 1. The maximum absolute atomic E-state index is 12.1. The summed E-state index contributed by atoms with van der Waals surface area (Å²) in [6.07, 6.45) is 9.59. The first-order chi connectivity index (χ1) is 12.6. The number of aromatic hydroxyl groups is 1. The van der Waals surface area contributed by atoms with Crippen LogP contribution in [-0.4, -0.2) is 22.5 Å². The minimum Gasteiger partial charge on any atom is -0.507 e. The Hall–Kier alpha value is -2.30. The Kier molecular flexibility index (Phi) is 8.19. The number of hydrogen-bond acceptors (Lipinski definition) is 3. The van der Waals surface area contributed by atoms with Crippen molar-refractivity contribution in [2.45, 2.75) is 64.7 Å². The van der Waals surface area contributed by atoms with E-state index in [-0.39, 0.29) is 23.6 Å². The molecule has 0 atom stereocenters. The molecule has 2 aromatic rings. The van der Waals surface area contributed by atoms with Crippen LogP contribution in [0.25, 0.3) is 10.9 Å². The Morgan fingerprint density at radius 2 is 1.69 bits per heavy atom. The van der Waals surface area contributed by atoms with Crippen molar-refractivity contribution in [3.05, 3.63) is 40.2 Å². The first-order valence-corrected chi connectivity index (χ1v) is 9.73. The summed E-state index contributed by atoms with van der Waals surface area (Å²) in [5.41, 5.74) is 0.277. The zero-order valence-corrected chi connectivity index (χ0v) is 15.6. The van der Waals surface area contributed by atoms with Gasteiger partial charge in [0, 0.05) is 11.9 Å². The minimum absolute atomic E-state index is 0.105. The normalized spacial score (nSPS) is 11.0. The summed E-state index contributed by atoms with van der Waals surface area (Å²) in [6.45, 7) is 2.83. The smallest absolute Gasteiger partial charge is 0.255 e. The third-order valence-corrected chi connectivity index (χ3v) is 4.68. The molecule has 1 aromatic heterocycles. The molecule has 1 aromatic carbocycles. The highest BCUT2D eigenvalue weighted by atomic mass is 16.3. The summed E-state index contributed by atoms with van der Waals surface area (Å²) in [5.74, 6) is -0.337. The van der Waals surface area contributed by atoms with Crippen LogP contribution < -0.4 is 10.9 Å². The average Bonchev–Trinajstić information content (AvgIpc) is 2.64. The molecule has 142 valence electrons. The van der Waals surface area contributed by atoms with Crippen molar-refractivity contribution in [1.29, 1.82) is 0 Å². The third kappa shape index (κ3) is 5.90. The third-order valence-electron chi connectivity index (χ3n) is 4.68. The van der Waals surface area contributed by atoms with E-state index in [2.05, 4.69) is 17.2 Å². The standard InChI is InChI=1S/C21H30N2O3/c1-2-3-4-5-6-7-8-11-14-22-19(24)15-17-20(25)16-12-9-10-13-18(16)23-21(17)26/h9-10,12-13H,2-8,11,14-15H2,1H3,(H,22,24)(H2,23,25,26). The van der Waals surface area contributed by atoms with E-state index in [0.717, 1.165) is 12.8 Å². The fourth-order valence-corrected chi connectivity index (χ4v) is 3.14. The summed E-state index contributed by atoms with van der Waals surface area (Å²) in [7, 11) is 0. The highest BCUT2D eigenvalue weighted by Crippen LogP contribution is 2.24. The van der Waals surface area contributed by atoms with E-state index in [4.69, 9.17) is 0 Å². The van der Waals surface area contributed by atoms with Crippen LogP contribution in [0.5, 0.6) is 5.75 Å². The van der Waals surface area contributed by atoms with E-state index in [1.807, 2.05) is 0 Å². The van der Waals surface area contributed by atoms with Crippen molar-refractivity contribution in [1.82, 2.24) is 10.3 Å². The minimum atomic E-state index is -0.413. The molecule has 0 fully saturated rings. The van der Waals surface area contributed by atoms with E-state index in [0.29, 0.717) is 17.4 Å². The monoisotopic (exact) mass is 358 g/mol. The van der Waals surface area contributed by atoms with Gasteiger partial charge in [0.2, 0.25) is 5.91 Å². The molecule has 5 nitrogen and oxygen atoms in total. The number of aromatic amines is 1. The fourth-order valence-electron chi connectivity index (χ4n) is 3.14. The number of unbranched alkanes of at least 4 members (excludes halogenated alkanes) is 7. The van der Waals surface area contributed by atoms with Gasteiger partial charge < -0.3 is 15.4 Å². The largest absolute Gasteiger partial charge is 0.507 e. The number of benzene rings is 1. The molecule has 1 amide bonds. The van der Waals surface area contributed by atoms with Gasteiger partial charge in [-0.25, -0.2) is 0 Å². The summed E-state index contributed by atoms with van der Waals surface area (Å²) in [4.78, 5) is 26.9. The Morgan fingerprint density at radius 1 is 1.04 bits per heavy atom. The fraction of sp³-hybridized carbons (Fsp3) is 0.524. The second-order valence-electron chi connectivity index (χ2n) is 6.83. The highest BCUT2D eigenvalue weighted by molar-refractivity contribution is 5.88. The molecule has 3 N–H and O–H groups in total. The molecule has 0 bridgehead atoms. The van der Waals surface area contributed by atoms with Gasteiger partial charge in [-0.05, 0) is 18.6 Å². The van der Waals surface area contributed by atoms with Crippen LogP contribution in [-0.2, 0) is 11.2 Å². The molecule has 5 heteroatoms. The topological polar surface area (TPSA) is 82.2 Å². The van der Waals surface area contributed by atoms with Gasteiger partial charge in [0.05, 0.1) is 17.5 Å². The van der Waals surface area contributed by atoms with Gasteiger partial charge >= 0.3 is 0 Å². The lowest BCUT2D eigenvalue weighted by Crippen LogP contribution is -2.28. The number of rotatable bonds is 11. The summed E-state index contributed by atoms with van der Waals surface area (Å²) in [6, 6.07) is 7.02. The van der Waals surface area contributed by atoms with Gasteiger partial charge in [-0.2, -0.15) is 0 Å². The van der Waals surface area contributed by atoms with Gasteiger partial charge in [-0.3, -0.25) is 9.59 Å². The van der Waals surface area contributed by atoms with Crippen LogP contribution in [0.3, 0.4) is 0 Å². The lowest BCUT2D eigenvalue weighted by molar-refractivity contribution is -0.120. The van der Waals surface area contributed by atoms with E-state index in [1.54, 1.807) is 24.3 Å². The Bertz CT molecular complexity index is 767. The van der Waals surface area contributed by atoms with Crippen molar-refractivity contribution in [3.63, 3.8) is 0 Å². The molecular formula is C21H30N2O3. The highest BCUT2D eigenvalue weighted by Gasteiger charge is 2.14. The molecule has 0 saturated heterocycles. The van der Waals surface area contributed by atoms with Crippen molar-refractivity contribution in [2.75, 3.05) is 6.54 Å². The number of pyridine rings is 1. The van der Waals surface area contributed by atoms with E-state index >= 15 is 0 Å². The van der Waals surface area contributed by atoms with Gasteiger partial charge in [0.1, 0.15) is 5.75 Å². The number of fused-ring (bicyclic) bond motifs is 1. The van der Waals surface area contributed by atoms with Gasteiger partial charge in [-0.1, -0.05) is 64.0 Å². The first kappa shape index (κ1) is 20.0. The summed E-state index contributed by atoms with van der Waals surface area (Å²) in [5, 5.41) is 13.7. The molecule has 0 aliphatic heterocycles. The molecule has 0 saturated carbocycles. The molecule has 0 aliphatic rings. The van der Waals surface area contributed by atoms with Crippen LogP contribution >= 0.6 is 0 Å². The molecule has 26 heavy (non-hydrogen) atoms. The van der Waals surface area contributed by atoms with E-state index < -0.39 is 5.56 Å². The van der Waals surface area contributed by atoms with Crippen molar-refractivity contribution < 1.29 is 9.90 Å². The Balaban J connectivity index is 1.75. The number of aromatic nitrogens is 1. The maximum atomic E-state index is 12.1. The second-order valence-corrected chi connectivity index (χ2v) is 6.83. The lowest BCUT2D eigenvalue weighted by atomic mass is 10.1. The molecule has 2 rings (SSSR count). The number of carbonyl (C=O) groups is 1. The van der Waals surface area contributed by atoms with Crippen molar-refractivity contribution in [3.8, 4) is 5.75 Å². The number of nitrogens with one attached hydrogen (secondary N) is 2. The number of carbonyl (C=O) groups excluding carboxylic acids is 1. The Labute approximate surface area is 154 Å². The quantitative estimate of drug-likeness (QED) is 0.530. The van der Waals surface area contributed by atoms with Crippen LogP contribution in [0.1, 0.15) is 63.9 Å². The number of amides is 1. The zero-order valence-electron chi connectivity index (χ0n) is 15.6. The molecule has 0 aliphatic carbocycles. The molecular weight excluding hydrogens is 328 g/mol. The molecule has 0 radical (unpaired) electrons. The Morgan fingerprint density at radius 3 is 2.42 bits per heavy atom. The predicted molar refractivity (Wildman–Crippen MR) is 106 cm³/mol. The molecule has 0 spiro atoms. The number of hydrogen-bond donors (Lipinski definition) is 3. The molecule has 1 heterocycles. The van der Waals surface area contributed by atoms with Gasteiger partial charge in [0.25, 0.3) is 5.56 Å².